The van der Waals surface area contributed by atoms with Crippen molar-refractivity contribution in [2.45, 2.75) is 27.7 Å². The number of nitrogens with zero attached hydrogens (tertiary/aromatic N) is 2. The van der Waals surface area contributed by atoms with Crippen molar-refractivity contribution < 1.29 is 9.47 Å². The van der Waals surface area contributed by atoms with Crippen LogP contribution in [0.25, 0.3) is 0 Å². The van der Waals surface area contributed by atoms with Crippen LogP contribution in [0, 0.1) is 50.4 Å². The van der Waals surface area contributed by atoms with Crippen LogP contribution in [0.5, 0.6) is 23.0 Å². The van der Waals surface area contributed by atoms with Gasteiger partial charge in [-0.25, -0.2) is 0 Å². The Morgan fingerprint density at radius 1 is 0.571 bits per heavy atom. The minimum absolute atomic E-state index is 0.244. The number of hydrogen-bond donors (Lipinski definition) is 0. The standard InChI is InChI=1S/C24H20N2O2/c1-15-5-7-21(9-17(15)3)27-23-11-19(13-25)20(14-26)12-24(23)28-22-8-6-16(2)18(4)10-22/h5-12H,1-4H3. The monoisotopic (exact) mass is 368 g/mol. The van der Waals surface area contributed by atoms with E-state index in [9.17, 15) is 10.5 Å². The minimum Gasteiger partial charge on any atom is -0.453 e. The first-order valence-electron chi connectivity index (χ1n) is 8.89. The van der Waals surface area contributed by atoms with E-state index in [4.69, 9.17) is 9.47 Å². The highest BCUT2D eigenvalue weighted by Crippen LogP contribution is 2.38. The Morgan fingerprint density at radius 2 is 0.964 bits per heavy atom. The molecule has 0 N–H and O–H groups in total. The van der Waals surface area contributed by atoms with Gasteiger partial charge in [0.15, 0.2) is 11.5 Å². The van der Waals surface area contributed by atoms with Gasteiger partial charge in [-0.3, -0.25) is 0 Å². The molecule has 3 aromatic rings. The molecule has 0 heterocycles. The summed E-state index contributed by atoms with van der Waals surface area (Å²) in [4.78, 5) is 0. The van der Waals surface area contributed by atoms with Crippen LogP contribution in [-0.4, -0.2) is 0 Å². The molecule has 0 aromatic heterocycles. The van der Waals surface area contributed by atoms with E-state index in [-0.39, 0.29) is 11.1 Å². The first-order chi connectivity index (χ1) is 13.4. The molecule has 0 bridgehead atoms. The maximum absolute atomic E-state index is 9.37. The molecule has 0 aliphatic carbocycles. The van der Waals surface area contributed by atoms with Crippen LogP contribution in [0.4, 0.5) is 0 Å². The summed E-state index contributed by atoms with van der Waals surface area (Å²) in [7, 11) is 0. The molecule has 0 unspecified atom stereocenters. The van der Waals surface area contributed by atoms with E-state index >= 15 is 0 Å². The van der Waals surface area contributed by atoms with E-state index in [0.717, 1.165) is 22.3 Å². The van der Waals surface area contributed by atoms with Gasteiger partial charge in [0, 0.05) is 12.1 Å². The molecule has 0 spiro atoms. The molecule has 0 atom stereocenters. The topological polar surface area (TPSA) is 66.0 Å². The SMILES string of the molecule is Cc1ccc(Oc2cc(C#N)c(C#N)cc2Oc2ccc(C)c(C)c2)cc1C. The van der Waals surface area contributed by atoms with Crippen LogP contribution >= 0.6 is 0 Å². The van der Waals surface area contributed by atoms with E-state index < -0.39 is 0 Å². The fraction of sp³-hybridized carbons (Fsp3) is 0.167. The zero-order chi connectivity index (χ0) is 20.3. The Labute approximate surface area is 165 Å². The van der Waals surface area contributed by atoms with Gasteiger partial charge in [0.25, 0.3) is 0 Å². The first-order valence-corrected chi connectivity index (χ1v) is 8.89. The number of rotatable bonds is 4. The molecular formula is C24H20N2O2. The molecule has 3 rings (SSSR count). The molecule has 0 saturated heterocycles. The summed E-state index contributed by atoms with van der Waals surface area (Å²) in [6, 6.07) is 18.7. The van der Waals surface area contributed by atoms with Gasteiger partial charge < -0.3 is 9.47 Å². The lowest BCUT2D eigenvalue weighted by atomic mass is 10.1. The molecular weight excluding hydrogens is 348 g/mol. The second-order valence-electron chi connectivity index (χ2n) is 6.76. The third-order valence-corrected chi connectivity index (χ3v) is 4.74. The molecule has 3 aromatic carbocycles. The zero-order valence-electron chi connectivity index (χ0n) is 16.3. The van der Waals surface area contributed by atoms with E-state index in [1.165, 1.54) is 0 Å². The normalized spacial score (nSPS) is 10.1. The maximum atomic E-state index is 9.37. The zero-order valence-corrected chi connectivity index (χ0v) is 16.3. The lowest BCUT2D eigenvalue weighted by Gasteiger charge is -2.15. The highest BCUT2D eigenvalue weighted by atomic mass is 16.5. The van der Waals surface area contributed by atoms with Crippen LogP contribution in [0.2, 0.25) is 0 Å². The van der Waals surface area contributed by atoms with Crippen molar-refractivity contribution in [1.29, 1.82) is 10.5 Å². The van der Waals surface area contributed by atoms with Crippen molar-refractivity contribution in [3.8, 4) is 35.1 Å². The number of aryl methyl sites for hydroxylation is 4. The predicted octanol–water partition coefficient (Wildman–Crippen LogP) is 6.25. The van der Waals surface area contributed by atoms with Gasteiger partial charge in [0.2, 0.25) is 0 Å². The summed E-state index contributed by atoms with van der Waals surface area (Å²) in [5.41, 5.74) is 5.02. The van der Waals surface area contributed by atoms with Gasteiger partial charge in [0.1, 0.15) is 23.6 Å². The van der Waals surface area contributed by atoms with Gasteiger partial charge in [-0.1, -0.05) is 12.1 Å². The van der Waals surface area contributed by atoms with E-state index in [1.807, 2.05) is 76.2 Å². The van der Waals surface area contributed by atoms with Crippen molar-refractivity contribution in [2.75, 3.05) is 0 Å². The molecule has 4 nitrogen and oxygen atoms in total. The summed E-state index contributed by atoms with van der Waals surface area (Å²) >= 11 is 0. The number of ether oxygens (including phenoxy) is 2. The van der Waals surface area contributed by atoms with Gasteiger partial charge in [-0.15, -0.1) is 0 Å². The number of hydrogen-bond acceptors (Lipinski definition) is 4. The highest BCUT2D eigenvalue weighted by Gasteiger charge is 2.15. The van der Waals surface area contributed by atoms with Crippen molar-refractivity contribution in [2.24, 2.45) is 0 Å². The third kappa shape index (κ3) is 3.98. The first kappa shape index (κ1) is 19.0. The van der Waals surface area contributed by atoms with Crippen molar-refractivity contribution in [3.63, 3.8) is 0 Å². The highest BCUT2D eigenvalue weighted by molar-refractivity contribution is 5.58. The van der Waals surface area contributed by atoms with E-state index in [1.54, 1.807) is 12.1 Å². The third-order valence-electron chi connectivity index (χ3n) is 4.74. The second-order valence-corrected chi connectivity index (χ2v) is 6.76. The Balaban J connectivity index is 2.05. The van der Waals surface area contributed by atoms with Crippen LogP contribution < -0.4 is 9.47 Å². The molecule has 0 aliphatic rings. The van der Waals surface area contributed by atoms with Crippen LogP contribution in [0.3, 0.4) is 0 Å². The maximum Gasteiger partial charge on any atom is 0.171 e. The lowest BCUT2D eigenvalue weighted by molar-refractivity contribution is 0.418. The van der Waals surface area contributed by atoms with E-state index in [2.05, 4.69) is 0 Å². The number of nitriles is 2. The van der Waals surface area contributed by atoms with Crippen molar-refractivity contribution in [3.05, 3.63) is 81.9 Å². The molecule has 0 aliphatic heterocycles. The predicted molar refractivity (Wildman–Crippen MR) is 108 cm³/mol. The van der Waals surface area contributed by atoms with Gasteiger partial charge >= 0.3 is 0 Å². The van der Waals surface area contributed by atoms with Crippen molar-refractivity contribution >= 4 is 0 Å². The largest absolute Gasteiger partial charge is 0.453 e. The van der Waals surface area contributed by atoms with Crippen LogP contribution in [0.15, 0.2) is 48.5 Å². The Kier molecular flexibility index (Phi) is 5.34. The fourth-order valence-corrected chi connectivity index (χ4v) is 2.71. The molecule has 0 radical (unpaired) electrons. The Bertz CT molecular complexity index is 1040. The molecule has 138 valence electrons. The molecule has 28 heavy (non-hydrogen) atoms. The summed E-state index contributed by atoms with van der Waals surface area (Å²) in [5, 5.41) is 18.7. The average molecular weight is 368 g/mol. The molecule has 4 heteroatoms. The minimum atomic E-state index is 0.244. The summed E-state index contributed by atoms with van der Waals surface area (Å²) in [6.07, 6.45) is 0. The smallest absolute Gasteiger partial charge is 0.171 e. The van der Waals surface area contributed by atoms with Crippen LogP contribution in [0.1, 0.15) is 33.4 Å². The van der Waals surface area contributed by atoms with Crippen molar-refractivity contribution in [1.82, 2.24) is 0 Å². The molecule has 0 fully saturated rings. The van der Waals surface area contributed by atoms with E-state index in [0.29, 0.717) is 23.0 Å². The Morgan fingerprint density at radius 3 is 1.29 bits per heavy atom. The summed E-state index contributed by atoms with van der Waals surface area (Å²) in [6.45, 7) is 8.08. The molecule has 0 amide bonds. The second kappa shape index (κ2) is 7.86. The lowest BCUT2D eigenvalue weighted by Crippen LogP contribution is -1.95. The quantitative estimate of drug-likeness (QED) is 0.546. The molecule has 0 saturated carbocycles. The van der Waals surface area contributed by atoms with Crippen LogP contribution in [-0.2, 0) is 0 Å². The Hall–Kier alpha value is -3.76. The summed E-state index contributed by atoms with van der Waals surface area (Å²) in [5.74, 6) is 2.05. The van der Waals surface area contributed by atoms with Gasteiger partial charge in [0.05, 0.1) is 11.1 Å². The fourth-order valence-electron chi connectivity index (χ4n) is 2.71. The van der Waals surface area contributed by atoms with Gasteiger partial charge in [-0.2, -0.15) is 10.5 Å². The van der Waals surface area contributed by atoms with Gasteiger partial charge in [-0.05, 0) is 74.2 Å². The number of benzene rings is 3. The summed E-state index contributed by atoms with van der Waals surface area (Å²) < 4.78 is 12.1. The average Bonchev–Trinajstić information content (AvgIpc) is 2.68.